The molecule has 0 spiro atoms. The summed E-state index contributed by atoms with van der Waals surface area (Å²) in [5.41, 5.74) is 0.652. The number of hydrogen-bond donors (Lipinski definition) is 2. The van der Waals surface area contributed by atoms with Crippen molar-refractivity contribution < 1.29 is 4.79 Å². The molecule has 0 unspecified atom stereocenters. The Hall–Kier alpha value is -1.01. The van der Waals surface area contributed by atoms with Crippen LogP contribution in [-0.2, 0) is 4.79 Å². The third-order valence-electron chi connectivity index (χ3n) is 4.34. The van der Waals surface area contributed by atoms with E-state index in [0.29, 0.717) is 29.8 Å². The van der Waals surface area contributed by atoms with Crippen molar-refractivity contribution >= 4 is 5.91 Å². The van der Waals surface area contributed by atoms with Gasteiger partial charge in [-0.15, -0.1) is 6.42 Å². The quantitative estimate of drug-likeness (QED) is 0.538. The Balaban J connectivity index is 2.22. The van der Waals surface area contributed by atoms with Crippen LogP contribution >= 0.6 is 0 Å². The van der Waals surface area contributed by atoms with E-state index >= 15 is 0 Å². The van der Waals surface area contributed by atoms with Gasteiger partial charge in [0.15, 0.2) is 0 Å². The molecule has 0 atom stereocenters. The van der Waals surface area contributed by atoms with Gasteiger partial charge in [-0.1, -0.05) is 33.6 Å². The fourth-order valence-corrected chi connectivity index (χ4v) is 2.37. The molecule has 16 heavy (non-hydrogen) atoms. The van der Waals surface area contributed by atoms with Gasteiger partial charge in [-0.05, 0) is 16.7 Å². The minimum atomic E-state index is 0.0220. The van der Waals surface area contributed by atoms with Gasteiger partial charge in [-0.2, -0.15) is 0 Å². The molecule has 3 heteroatoms. The summed E-state index contributed by atoms with van der Waals surface area (Å²) in [6.45, 7) is 10.5. The summed E-state index contributed by atoms with van der Waals surface area (Å²) in [6, 6.07) is 0. The summed E-state index contributed by atoms with van der Waals surface area (Å²) in [7, 11) is 0. The molecule has 2 N–H and O–H groups in total. The summed E-state index contributed by atoms with van der Waals surface area (Å²) in [4.78, 5) is 11.4. The number of nitrogens with one attached hydrogen (secondary N) is 2. The molecule has 1 rings (SSSR count). The van der Waals surface area contributed by atoms with Gasteiger partial charge >= 0.3 is 0 Å². The van der Waals surface area contributed by atoms with Gasteiger partial charge in [-0.25, -0.2) is 0 Å². The van der Waals surface area contributed by atoms with E-state index in [1.165, 1.54) is 0 Å². The zero-order chi connectivity index (χ0) is 12.4. The molecule has 0 bridgehead atoms. The lowest BCUT2D eigenvalue weighted by Gasteiger charge is -2.06. The van der Waals surface area contributed by atoms with E-state index < -0.39 is 0 Å². The maximum atomic E-state index is 11.4. The minimum Gasteiger partial charge on any atom is -0.355 e. The Labute approximate surface area is 98.4 Å². The van der Waals surface area contributed by atoms with Gasteiger partial charge in [0, 0.05) is 6.54 Å². The first-order chi connectivity index (χ1) is 7.34. The number of rotatable bonds is 5. The molecule has 0 aromatic carbocycles. The second-order valence-electron chi connectivity index (χ2n) is 5.61. The van der Waals surface area contributed by atoms with Gasteiger partial charge in [0.25, 0.3) is 0 Å². The molecule has 0 saturated heterocycles. The second-order valence-corrected chi connectivity index (χ2v) is 5.61. The molecular weight excluding hydrogens is 200 g/mol. The highest BCUT2D eigenvalue weighted by Crippen LogP contribution is 2.67. The number of carbonyl (C=O) groups excluding carboxylic acids is 1. The van der Waals surface area contributed by atoms with E-state index in [1.807, 2.05) is 0 Å². The van der Waals surface area contributed by atoms with Crippen LogP contribution in [0.15, 0.2) is 0 Å². The number of carbonyl (C=O) groups is 1. The van der Waals surface area contributed by atoms with Crippen molar-refractivity contribution in [1.29, 1.82) is 0 Å². The van der Waals surface area contributed by atoms with Crippen LogP contribution in [0.1, 0.15) is 27.7 Å². The maximum absolute atomic E-state index is 11.4. The van der Waals surface area contributed by atoms with Gasteiger partial charge in [0.05, 0.1) is 13.1 Å². The second kappa shape index (κ2) is 4.47. The van der Waals surface area contributed by atoms with Crippen LogP contribution in [0.3, 0.4) is 0 Å². The molecule has 1 saturated carbocycles. The molecule has 0 aromatic heterocycles. The highest BCUT2D eigenvalue weighted by molar-refractivity contribution is 5.78. The van der Waals surface area contributed by atoms with E-state index in [0.717, 1.165) is 6.54 Å². The maximum Gasteiger partial charge on any atom is 0.233 e. The van der Waals surface area contributed by atoms with Gasteiger partial charge in [0.2, 0.25) is 5.91 Å². The first-order valence-electron chi connectivity index (χ1n) is 5.75. The summed E-state index contributed by atoms with van der Waals surface area (Å²) >= 11 is 0. The lowest BCUT2D eigenvalue weighted by Crippen LogP contribution is -2.35. The van der Waals surface area contributed by atoms with Gasteiger partial charge in [0.1, 0.15) is 0 Å². The predicted octanol–water partition coefficient (Wildman–Crippen LogP) is 1.01. The van der Waals surface area contributed by atoms with E-state index in [2.05, 4.69) is 44.2 Å². The average molecular weight is 222 g/mol. The van der Waals surface area contributed by atoms with E-state index in [1.54, 1.807) is 0 Å². The molecule has 3 nitrogen and oxygen atoms in total. The fourth-order valence-electron chi connectivity index (χ4n) is 2.37. The molecule has 1 aliphatic carbocycles. The van der Waals surface area contributed by atoms with Crippen molar-refractivity contribution in [2.24, 2.45) is 16.7 Å². The SMILES string of the molecule is C#CCNCC(=O)NCC1C(C)(C)C1(C)C. The zero-order valence-electron chi connectivity index (χ0n) is 10.7. The lowest BCUT2D eigenvalue weighted by molar-refractivity contribution is -0.120. The van der Waals surface area contributed by atoms with E-state index in [-0.39, 0.29) is 5.91 Å². The summed E-state index contributed by atoms with van der Waals surface area (Å²) in [5.74, 6) is 3.02. The number of amides is 1. The van der Waals surface area contributed by atoms with Crippen LogP contribution in [0.2, 0.25) is 0 Å². The molecule has 0 aromatic rings. The Kier molecular flexibility index (Phi) is 3.64. The first kappa shape index (κ1) is 13.1. The van der Waals surface area contributed by atoms with Crippen LogP contribution in [0.4, 0.5) is 0 Å². The van der Waals surface area contributed by atoms with Crippen molar-refractivity contribution in [3.05, 3.63) is 0 Å². The first-order valence-corrected chi connectivity index (χ1v) is 5.75. The Morgan fingerprint density at radius 1 is 1.31 bits per heavy atom. The van der Waals surface area contributed by atoms with Gasteiger partial charge in [-0.3, -0.25) is 10.1 Å². The van der Waals surface area contributed by atoms with Crippen LogP contribution in [0, 0.1) is 29.1 Å². The third-order valence-corrected chi connectivity index (χ3v) is 4.34. The molecule has 0 radical (unpaired) electrons. The van der Waals surface area contributed by atoms with Crippen LogP contribution in [0.25, 0.3) is 0 Å². The molecule has 1 amide bonds. The summed E-state index contributed by atoms with van der Waals surface area (Å²) < 4.78 is 0. The Bertz CT molecular complexity index is 298. The third kappa shape index (κ3) is 2.38. The van der Waals surface area contributed by atoms with Crippen LogP contribution < -0.4 is 10.6 Å². The van der Waals surface area contributed by atoms with Crippen molar-refractivity contribution in [2.75, 3.05) is 19.6 Å². The average Bonchev–Trinajstić information content (AvgIpc) is 2.55. The molecule has 1 aliphatic rings. The van der Waals surface area contributed by atoms with Crippen molar-refractivity contribution in [3.63, 3.8) is 0 Å². The predicted molar refractivity (Wildman–Crippen MR) is 65.8 cm³/mol. The molecule has 0 aliphatic heterocycles. The lowest BCUT2D eigenvalue weighted by atomic mass is 10.0. The van der Waals surface area contributed by atoms with E-state index in [4.69, 9.17) is 6.42 Å². The van der Waals surface area contributed by atoms with Crippen molar-refractivity contribution in [3.8, 4) is 12.3 Å². The summed E-state index contributed by atoms with van der Waals surface area (Å²) in [6.07, 6.45) is 5.07. The standard InChI is InChI=1S/C13H22N2O/c1-6-7-14-9-11(16)15-8-10-12(2,3)13(10,4)5/h1,10,14H,7-9H2,2-5H3,(H,15,16). The number of terminal acetylenes is 1. The molecule has 90 valence electrons. The largest absolute Gasteiger partial charge is 0.355 e. The van der Waals surface area contributed by atoms with E-state index in [9.17, 15) is 4.79 Å². The topological polar surface area (TPSA) is 41.1 Å². The monoisotopic (exact) mass is 222 g/mol. The van der Waals surface area contributed by atoms with Crippen LogP contribution in [-0.4, -0.2) is 25.5 Å². The highest BCUT2D eigenvalue weighted by atomic mass is 16.1. The van der Waals surface area contributed by atoms with Crippen molar-refractivity contribution in [2.45, 2.75) is 27.7 Å². The molecule has 1 fully saturated rings. The van der Waals surface area contributed by atoms with Gasteiger partial charge < -0.3 is 5.32 Å². The minimum absolute atomic E-state index is 0.0220. The highest BCUT2D eigenvalue weighted by Gasteiger charge is 2.64. The van der Waals surface area contributed by atoms with Crippen LogP contribution in [0.5, 0.6) is 0 Å². The Morgan fingerprint density at radius 3 is 2.31 bits per heavy atom. The fraction of sp³-hybridized carbons (Fsp3) is 0.769. The number of hydrogen-bond acceptors (Lipinski definition) is 2. The normalized spacial score (nSPS) is 21.2. The molecular formula is C13H22N2O. The van der Waals surface area contributed by atoms with Crippen molar-refractivity contribution in [1.82, 2.24) is 10.6 Å². The summed E-state index contributed by atoms with van der Waals surface area (Å²) in [5, 5.41) is 5.82. The molecule has 0 heterocycles. The zero-order valence-corrected chi connectivity index (χ0v) is 10.7. The smallest absolute Gasteiger partial charge is 0.233 e. The Morgan fingerprint density at radius 2 is 1.88 bits per heavy atom.